The number of hydrogen-bond donors (Lipinski definition) is 0. The summed E-state index contributed by atoms with van der Waals surface area (Å²) in [6, 6.07) is 12.2. The summed E-state index contributed by atoms with van der Waals surface area (Å²) in [6.07, 6.45) is 3.90. The van der Waals surface area contributed by atoms with Gasteiger partial charge in [0, 0.05) is 24.8 Å². The maximum atomic E-state index is 5.26. The first-order valence-electron chi connectivity index (χ1n) is 7.84. The monoisotopic (exact) mass is 293 g/mol. The van der Waals surface area contributed by atoms with Crippen molar-refractivity contribution >= 4 is 27.8 Å². The normalized spacial score (nSPS) is 15.4. The Balaban J connectivity index is 1.80. The summed E-state index contributed by atoms with van der Waals surface area (Å²) in [5, 5.41) is 0. The number of aromatic nitrogens is 2. The third-order valence-corrected chi connectivity index (χ3v) is 4.34. The van der Waals surface area contributed by atoms with Crippen LogP contribution in [-0.2, 0) is 0 Å². The Labute approximate surface area is 129 Å². The maximum absolute atomic E-state index is 5.26. The average Bonchev–Trinajstić information content (AvgIpc) is 2.59. The van der Waals surface area contributed by atoms with Crippen molar-refractivity contribution < 1.29 is 4.74 Å². The summed E-state index contributed by atoms with van der Waals surface area (Å²) >= 11 is 0. The molecule has 1 saturated heterocycles. The van der Waals surface area contributed by atoms with Crippen LogP contribution in [0.5, 0.6) is 5.75 Å². The SMILES string of the molecule is COc1ccc2nc3cc(N4CCCCC4)ccc3nc2c1. The lowest BCUT2D eigenvalue weighted by Gasteiger charge is -2.28. The molecular weight excluding hydrogens is 274 g/mol. The molecule has 3 aromatic rings. The fraction of sp³-hybridized carbons (Fsp3) is 0.333. The second kappa shape index (κ2) is 5.44. The fourth-order valence-corrected chi connectivity index (χ4v) is 3.12. The predicted molar refractivity (Wildman–Crippen MR) is 89.7 cm³/mol. The van der Waals surface area contributed by atoms with Gasteiger partial charge in [-0.15, -0.1) is 0 Å². The van der Waals surface area contributed by atoms with Gasteiger partial charge >= 0.3 is 0 Å². The van der Waals surface area contributed by atoms with E-state index in [1.54, 1.807) is 7.11 Å². The van der Waals surface area contributed by atoms with Crippen LogP contribution in [0.2, 0.25) is 0 Å². The summed E-state index contributed by atoms with van der Waals surface area (Å²) in [6.45, 7) is 2.29. The van der Waals surface area contributed by atoms with Gasteiger partial charge in [0.1, 0.15) is 5.75 Å². The van der Waals surface area contributed by atoms with Gasteiger partial charge in [-0.2, -0.15) is 0 Å². The molecule has 22 heavy (non-hydrogen) atoms. The van der Waals surface area contributed by atoms with Gasteiger partial charge in [-0.25, -0.2) is 9.97 Å². The van der Waals surface area contributed by atoms with E-state index < -0.39 is 0 Å². The van der Waals surface area contributed by atoms with Crippen molar-refractivity contribution in [1.29, 1.82) is 0 Å². The number of ether oxygens (including phenoxy) is 1. The minimum absolute atomic E-state index is 0.811. The first-order valence-corrected chi connectivity index (χ1v) is 7.84. The first kappa shape index (κ1) is 13.3. The van der Waals surface area contributed by atoms with Gasteiger partial charge < -0.3 is 9.64 Å². The summed E-state index contributed by atoms with van der Waals surface area (Å²) in [5.74, 6) is 0.811. The molecule has 112 valence electrons. The predicted octanol–water partition coefficient (Wildman–Crippen LogP) is 3.78. The number of nitrogens with zero attached hydrogens (tertiary/aromatic N) is 3. The smallest absolute Gasteiger partial charge is 0.121 e. The molecule has 0 unspecified atom stereocenters. The number of rotatable bonds is 2. The van der Waals surface area contributed by atoms with Crippen LogP contribution in [0.3, 0.4) is 0 Å². The van der Waals surface area contributed by atoms with Crippen LogP contribution in [-0.4, -0.2) is 30.2 Å². The largest absolute Gasteiger partial charge is 0.497 e. The third kappa shape index (κ3) is 2.34. The molecule has 0 bridgehead atoms. The topological polar surface area (TPSA) is 38.2 Å². The Morgan fingerprint density at radius 1 is 0.818 bits per heavy atom. The van der Waals surface area contributed by atoms with E-state index in [1.807, 2.05) is 18.2 Å². The molecule has 4 rings (SSSR count). The number of methoxy groups -OCH3 is 1. The molecule has 4 nitrogen and oxygen atoms in total. The molecule has 0 saturated carbocycles. The van der Waals surface area contributed by atoms with Crippen LogP contribution in [0.1, 0.15) is 19.3 Å². The van der Waals surface area contributed by atoms with Crippen LogP contribution in [0.15, 0.2) is 36.4 Å². The lowest BCUT2D eigenvalue weighted by Crippen LogP contribution is -2.29. The maximum Gasteiger partial charge on any atom is 0.121 e. The van der Waals surface area contributed by atoms with Gasteiger partial charge in [0.25, 0.3) is 0 Å². The molecule has 1 aliphatic heterocycles. The number of piperidine rings is 1. The number of hydrogen-bond acceptors (Lipinski definition) is 4. The van der Waals surface area contributed by atoms with Crippen molar-refractivity contribution in [2.24, 2.45) is 0 Å². The minimum Gasteiger partial charge on any atom is -0.497 e. The molecule has 0 atom stereocenters. The Bertz CT molecular complexity index is 825. The van der Waals surface area contributed by atoms with Gasteiger partial charge in [0.05, 0.1) is 29.2 Å². The molecule has 1 aromatic heterocycles. The van der Waals surface area contributed by atoms with Crippen molar-refractivity contribution in [3.05, 3.63) is 36.4 Å². The van der Waals surface area contributed by atoms with E-state index in [0.717, 1.165) is 40.9 Å². The molecule has 0 amide bonds. The van der Waals surface area contributed by atoms with Gasteiger partial charge in [-0.1, -0.05) is 0 Å². The Hall–Kier alpha value is -2.36. The zero-order chi connectivity index (χ0) is 14.9. The third-order valence-electron chi connectivity index (χ3n) is 4.34. The van der Waals surface area contributed by atoms with E-state index in [2.05, 4.69) is 23.1 Å². The van der Waals surface area contributed by atoms with Crippen molar-refractivity contribution in [3.8, 4) is 5.75 Å². The second-order valence-electron chi connectivity index (χ2n) is 5.80. The quantitative estimate of drug-likeness (QED) is 0.674. The Morgan fingerprint density at radius 3 is 2.23 bits per heavy atom. The number of anilines is 1. The molecule has 0 spiro atoms. The molecule has 2 aromatic carbocycles. The average molecular weight is 293 g/mol. The highest BCUT2D eigenvalue weighted by Crippen LogP contribution is 2.25. The highest BCUT2D eigenvalue weighted by Gasteiger charge is 2.12. The molecule has 0 radical (unpaired) electrons. The fourth-order valence-electron chi connectivity index (χ4n) is 3.12. The van der Waals surface area contributed by atoms with Crippen molar-refractivity contribution in [2.45, 2.75) is 19.3 Å². The van der Waals surface area contributed by atoms with Crippen molar-refractivity contribution in [2.75, 3.05) is 25.1 Å². The molecule has 1 fully saturated rings. The van der Waals surface area contributed by atoms with Crippen LogP contribution in [0.4, 0.5) is 5.69 Å². The van der Waals surface area contributed by atoms with Crippen LogP contribution >= 0.6 is 0 Å². The summed E-state index contributed by atoms with van der Waals surface area (Å²) < 4.78 is 5.26. The van der Waals surface area contributed by atoms with Gasteiger partial charge in [-0.05, 0) is 49.6 Å². The van der Waals surface area contributed by atoms with E-state index in [9.17, 15) is 0 Å². The lowest BCUT2D eigenvalue weighted by molar-refractivity contribution is 0.415. The van der Waals surface area contributed by atoms with E-state index in [4.69, 9.17) is 14.7 Å². The summed E-state index contributed by atoms with van der Waals surface area (Å²) in [4.78, 5) is 11.9. The van der Waals surface area contributed by atoms with Gasteiger partial charge in [0.2, 0.25) is 0 Å². The van der Waals surface area contributed by atoms with Gasteiger partial charge in [-0.3, -0.25) is 0 Å². The van der Waals surface area contributed by atoms with Crippen LogP contribution < -0.4 is 9.64 Å². The van der Waals surface area contributed by atoms with E-state index in [0.29, 0.717) is 0 Å². The van der Waals surface area contributed by atoms with Crippen LogP contribution in [0, 0.1) is 0 Å². The zero-order valence-electron chi connectivity index (χ0n) is 12.7. The van der Waals surface area contributed by atoms with Crippen molar-refractivity contribution in [1.82, 2.24) is 9.97 Å². The number of benzene rings is 2. The van der Waals surface area contributed by atoms with Crippen molar-refractivity contribution in [3.63, 3.8) is 0 Å². The first-order chi connectivity index (χ1) is 10.8. The summed E-state index contributed by atoms with van der Waals surface area (Å²) in [5.41, 5.74) is 4.93. The minimum atomic E-state index is 0.811. The Morgan fingerprint density at radius 2 is 1.50 bits per heavy atom. The standard InChI is InChI=1S/C18H19N3O/c1-22-14-6-8-16-18(12-14)20-15-7-5-13(11-17(15)19-16)21-9-3-2-4-10-21/h5-8,11-12H,2-4,9-10H2,1H3. The molecule has 1 aliphatic rings. The lowest BCUT2D eigenvalue weighted by atomic mass is 10.1. The van der Waals surface area contributed by atoms with Gasteiger partial charge in [0.15, 0.2) is 0 Å². The second-order valence-corrected chi connectivity index (χ2v) is 5.80. The number of fused-ring (bicyclic) bond motifs is 2. The molecule has 2 heterocycles. The molecule has 4 heteroatoms. The molecule has 0 aliphatic carbocycles. The van der Waals surface area contributed by atoms with E-state index >= 15 is 0 Å². The molecule has 0 N–H and O–H groups in total. The Kier molecular flexibility index (Phi) is 3.29. The summed E-state index contributed by atoms with van der Waals surface area (Å²) in [7, 11) is 1.67. The molecular formula is C18H19N3O. The zero-order valence-corrected chi connectivity index (χ0v) is 12.7. The van der Waals surface area contributed by atoms with E-state index in [-0.39, 0.29) is 0 Å². The van der Waals surface area contributed by atoms with Crippen LogP contribution in [0.25, 0.3) is 22.1 Å². The van der Waals surface area contributed by atoms with E-state index in [1.165, 1.54) is 24.9 Å². The highest BCUT2D eigenvalue weighted by molar-refractivity contribution is 5.88. The highest BCUT2D eigenvalue weighted by atomic mass is 16.5.